The monoisotopic (exact) mass is 429 g/mol. The van der Waals surface area contributed by atoms with E-state index in [9.17, 15) is 9.59 Å². The third-order valence-electron chi connectivity index (χ3n) is 6.42. The zero-order valence-corrected chi connectivity index (χ0v) is 18.6. The van der Waals surface area contributed by atoms with Gasteiger partial charge >= 0.3 is 6.03 Å². The average Bonchev–Trinajstić information content (AvgIpc) is 3.42. The van der Waals surface area contributed by atoms with E-state index in [1.807, 2.05) is 19.1 Å². The fraction of sp³-hybridized carbons (Fsp3) is 0.591. The highest BCUT2D eigenvalue weighted by molar-refractivity contribution is 7.18. The summed E-state index contributed by atoms with van der Waals surface area (Å²) in [5.41, 5.74) is 1.06. The van der Waals surface area contributed by atoms with Crippen LogP contribution in [0.4, 0.5) is 4.79 Å². The molecule has 0 bridgehead atoms. The van der Waals surface area contributed by atoms with Gasteiger partial charge in [-0.05, 0) is 38.8 Å². The number of para-hydroxylation sites is 1. The highest BCUT2D eigenvalue weighted by Crippen LogP contribution is 2.30. The number of rotatable bonds is 5. The summed E-state index contributed by atoms with van der Waals surface area (Å²) >= 11 is 1.76. The van der Waals surface area contributed by atoms with E-state index in [0.717, 1.165) is 62.4 Å². The summed E-state index contributed by atoms with van der Waals surface area (Å²) in [6.45, 7) is 7.44. The first-order valence-electron chi connectivity index (χ1n) is 11.0. The van der Waals surface area contributed by atoms with Crippen molar-refractivity contribution in [3.05, 3.63) is 29.3 Å². The van der Waals surface area contributed by atoms with Crippen molar-refractivity contribution >= 4 is 33.5 Å². The predicted molar refractivity (Wildman–Crippen MR) is 120 cm³/mol. The number of aromatic nitrogens is 1. The van der Waals surface area contributed by atoms with Crippen molar-refractivity contribution < 1.29 is 9.59 Å². The number of hydrogen-bond acceptors (Lipinski definition) is 6. The van der Waals surface area contributed by atoms with Crippen LogP contribution in [0.15, 0.2) is 24.3 Å². The van der Waals surface area contributed by atoms with Gasteiger partial charge in [-0.25, -0.2) is 9.78 Å². The number of hydrogen-bond donors (Lipinski definition) is 2. The van der Waals surface area contributed by atoms with Crippen molar-refractivity contribution in [3.63, 3.8) is 0 Å². The van der Waals surface area contributed by atoms with Crippen molar-refractivity contribution in [3.8, 4) is 0 Å². The summed E-state index contributed by atoms with van der Waals surface area (Å²) in [6.07, 6.45) is 4.31. The van der Waals surface area contributed by atoms with E-state index >= 15 is 0 Å². The molecule has 3 amide bonds. The molecule has 1 aromatic carbocycles. The zero-order chi connectivity index (χ0) is 21.1. The molecule has 2 aliphatic rings. The Morgan fingerprint density at radius 1 is 1.07 bits per heavy atom. The van der Waals surface area contributed by atoms with Crippen molar-refractivity contribution in [2.75, 3.05) is 26.2 Å². The van der Waals surface area contributed by atoms with Crippen molar-refractivity contribution in [2.45, 2.75) is 57.7 Å². The van der Waals surface area contributed by atoms with E-state index in [-0.39, 0.29) is 30.1 Å². The number of nitrogens with zero attached hydrogens (tertiary/aromatic N) is 3. The van der Waals surface area contributed by atoms with Crippen LogP contribution in [0.25, 0.3) is 10.2 Å². The lowest BCUT2D eigenvalue weighted by atomic mass is 10.2. The van der Waals surface area contributed by atoms with Gasteiger partial charge in [-0.1, -0.05) is 25.0 Å². The number of carbonyl (C=O) groups is 2. The predicted octanol–water partition coefficient (Wildman–Crippen LogP) is 3.13. The first-order chi connectivity index (χ1) is 14.5. The molecule has 162 valence electrons. The second kappa shape index (κ2) is 9.41. The first kappa shape index (κ1) is 21.2. The van der Waals surface area contributed by atoms with E-state index in [0.29, 0.717) is 0 Å². The molecular formula is C22H31N5O2S. The molecule has 0 unspecified atom stereocenters. The van der Waals surface area contributed by atoms with Gasteiger partial charge in [0.2, 0.25) is 5.91 Å². The third kappa shape index (κ3) is 4.82. The summed E-state index contributed by atoms with van der Waals surface area (Å²) in [7, 11) is 0. The molecule has 1 saturated carbocycles. The average molecular weight is 430 g/mol. The maximum Gasteiger partial charge on any atom is 0.321 e. The van der Waals surface area contributed by atoms with Gasteiger partial charge in [-0.15, -0.1) is 11.3 Å². The van der Waals surface area contributed by atoms with Crippen molar-refractivity contribution in [2.24, 2.45) is 0 Å². The Bertz CT molecular complexity index is 854. The quantitative estimate of drug-likeness (QED) is 0.764. The lowest BCUT2D eigenvalue weighted by Crippen LogP contribution is -2.56. The number of amides is 3. The van der Waals surface area contributed by atoms with Gasteiger partial charge < -0.3 is 5.32 Å². The molecule has 1 saturated heterocycles. The van der Waals surface area contributed by atoms with Gasteiger partial charge in [0.15, 0.2) is 0 Å². The maximum atomic E-state index is 12.5. The van der Waals surface area contributed by atoms with Crippen LogP contribution in [-0.4, -0.2) is 65.0 Å². The highest BCUT2D eigenvalue weighted by atomic mass is 32.1. The van der Waals surface area contributed by atoms with Crippen LogP contribution in [0.3, 0.4) is 0 Å². The van der Waals surface area contributed by atoms with Gasteiger partial charge in [-0.3, -0.25) is 19.9 Å². The number of fused-ring (bicyclic) bond motifs is 1. The summed E-state index contributed by atoms with van der Waals surface area (Å²) in [5.74, 6) is -0.224. The minimum absolute atomic E-state index is 0.209. The summed E-state index contributed by atoms with van der Waals surface area (Å²) in [4.78, 5) is 34.0. The Kier molecular flexibility index (Phi) is 6.65. The lowest BCUT2D eigenvalue weighted by Gasteiger charge is -2.39. The molecule has 2 fully saturated rings. The largest absolute Gasteiger partial charge is 0.335 e. The van der Waals surface area contributed by atoms with Crippen LogP contribution in [0, 0.1) is 0 Å². The molecule has 1 aromatic heterocycles. The number of nitrogens with one attached hydrogen (secondary N) is 2. The minimum Gasteiger partial charge on any atom is -0.335 e. The Morgan fingerprint density at radius 3 is 2.43 bits per heavy atom. The van der Waals surface area contributed by atoms with Gasteiger partial charge in [-0.2, -0.15) is 0 Å². The van der Waals surface area contributed by atoms with E-state index in [4.69, 9.17) is 4.98 Å². The van der Waals surface area contributed by atoms with Gasteiger partial charge in [0.1, 0.15) is 5.01 Å². The zero-order valence-electron chi connectivity index (χ0n) is 17.8. The molecular weight excluding hydrogens is 398 g/mol. The van der Waals surface area contributed by atoms with Gasteiger partial charge in [0.25, 0.3) is 0 Å². The number of urea groups is 1. The maximum absolute atomic E-state index is 12.5. The molecule has 8 heteroatoms. The molecule has 0 radical (unpaired) electrons. The fourth-order valence-corrected chi connectivity index (χ4v) is 5.46. The summed E-state index contributed by atoms with van der Waals surface area (Å²) in [5, 5.41) is 6.58. The molecule has 1 aliphatic carbocycles. The minimum atomic E-state index is -0.359. The second-order valence-corrected chi connectivity index (χ2v) is 9.45. The van der Waals surface area contributed by atoms with Crippen LogP contribution in [-0.2, 0) is 4.79 Å². The topological polar surface area (TPSA) is 77.6 Å². The van der Waals surface area contributed by atoms with E-state index < -0.39 is 0 Å². The Balaban J connectivity index is 1.26. The number of imide groups is 1. The van der Waals surface area contributed by atoms with Gasteiger partial charge in [0, 0.05) is 32.2 Å². The van der Waals surface area contributed by atoms with E-state index in [1.165, 1.54) is 4.70 Å². The fourth-order valence-electron chi connectivity index (χ4n) is 4.41. The van der Waals surface area contributed by atoms with E-state index in [2.05, 4.69) is 39.5 Å². The Hall–Kier alpha value is -2.03. The smallest absolute Gasteiger partial charge is 0.321 e. The van der Waals surface area contributed by atoms with Crippen molar-refractivity contribution in [1.82, 2.24) is 25.4 Å². The standard InChI is InChI=1S/C22H31N5O2S/c1-15(20(28)25-22(29)23-17-7-3-4-8-17)26-11-13-27(14-12-26)16(2)21-24-18-9-5-6-10-19(18)30-21/h5-6,9-10,15-17H,3-4,7-8,11-14H2,1-2H3,(H2,23,25,28,29)/t15-,16+/m1/s1. The van der Waals surface area contributed by atoms with Crippen LogP contribution in [0.5, 0.6) is 0 Å². The molecule has 7 nitrogen and oxygen atoms in total. The number of carbonyl (C=O) groups excluding carboxylic acids is 2. The Labute approximate surface area is 181 Å². The van der Waals surface area contributed by atoms with Crippen LogP contribution in [0.1, 0.15) is 50.6 Å². The lowest BCUT2D eigenvalue weighted by molar-refractivity contribution is -0.125. The molecule has 1 aliphatic heterocycles. The molecule has 30 heavy (non-hydrogen) atoms. The van der Waals surface area contributed by atoms with Crippen molar-refractivity contribution in [1.29, 1.82) is 0 Å². The highest BCUT2D eigenvalue weighted by Gasteiger charge is 2.29. The second-order valence-electron chi connectivity index (χ2n) is 8.39. The van der Waals surface area contributed by atoms with Crippen LogP contribution < -0.4 is 10.6 Å². The number of benzene rings is 1. The summed E-state index contributed by atoms with van der Waals surface area (Å²) < 4.78 is 1.22. The SMILES string of the molecule is C[C@H](C(=O)NC(=O)NC1CCCC1)N1CCN([C@@H](C)c2nc3ccccc3s2)CC1. The third-order valence-corrected chi connectivity index (χ3v) is 7.63. The molecule has 2 aromatic rings. The van der Waals surface area contributed by atoms with E-state index in [1.54, 1.807) is 11.3 Å². The number of thiazole rings is 1. The number of piperazine rings is 1. The Morgan fingerprint density at radius 2 is 1.73 bits per heavy atom. The van der Waals surface area contributed by atoms with Crippen LogP contribution >= 0.6 is 11.3 Å². The summed E-state index contributed by atoms with van der Waals surface area (Å²) in [6, 6.07) is 8.03. The van der Waals surface area contributed by atoms with Crippen LogP contribution in [0.2, 0.25) is 0 Å². The van der Waals surface area contributed by atoms with Gasteiger partial charge in [0.05, 0.1) is 22.3 Å². The molecule has 2 N–H and O–H groups in total. The molecule has 4 rings (SSSR count). The first-order valence-corrected chi connectivity index (χ1v) is 11.8. The molecule has 2 heterocycles. The molecule has 2 atom stereocenters. The molecule has 0 spiro atoms. The normalized spacial score (nSPS) is 20.9.